The van der Waals surface area contributed by atoms with Gasteiger partial charge in [-0.15, -0.1) is 23.2 Å². The van der Waals surface area contributed by atoms with Crippen LogP contribution in [0.5, 0.6) is 0 Å². The molecule has 0 amide bonds. The molecule has 0 aromatic carbocycles. The highest BCUT2D eigenvalue weighted by atomic mass is 35.5. The molecule has 0 aromatic rings. The first-order valence-corrected chi connectivity index (χ1v) is 4.55. The first kappa shape index (κ1) is 10.8. The summed E-state index contributed by atoms with van der Waals surface area (Å²) in [5, 5.41) is 0. The van der Waals surface area contributed by atoms with Crippen molar-refractivity contribution in [2.45, 2.75) is 0 Å². The average molecular weight is 161 g/mol. The summed E-state index contributed by atoms with van der Waals surface area (Å²) in [5.74, 6) is 1.11. The number of alkyl halides is 2. The van der Waals surface area contributed by atoms with E-state index in [0.717, 1.165) is 0 Å². The molecule has 0 rings (SSSR count). The van der Waals surface area contributed by atoms with E-state index in [1.807, 2.05) is 12.5 Å². The Hall–Kier alpha value is 0.930. The molecule has 0 unspecified atom stereocenters. The molecule has 46 valence electrons. The van der Waals surface area contributed by atoms with Gasteiger partial charge in [-0.2, -0.15) is 11.8 Å². The molecular weight excluding hydrogens is 151 g/mol. The maximum atomic E-state index is 5.05. The van der Waals surface area contributed by atoms with E-state index in [9.17, 15) is 0 Å². The van der Waals surface area contributed by atoms with Crippen LogP contribution in [-0.2, 0) is 0 Å². The smallest absolute Gasteiger partial charge is 0.0359 e. The highest BCUT2D eigenvalue weighted by Gasteiger charge is 1.61. The second-order valence-electron chi connectivity index (χ2n) is 0.786. The van der Waals surface area contributed by atoms with Crippen molar-refractivity contribution in [3.05, 3.63) is 0 Å². The second-order valence-corrected chi connectivity index (χ2v) is 2.36. The fourth-order valence-corrected chi connectivity index (χ4v) is 0. The number of hydrogen-bond acceptors (Lipinski definition) is 1. The fraction of sp³-hybridized carbons (Fsp3) is 1.00. The molecule has 3 heteroatoms. The number of hydrogen-bond donors (Lipinski definition) is 0. The Balaban J connectivity index is 0. The molecule has 0 spiro atoms. The van der Waals surface area contributed by atoms with E-state index in [2.05, 4.69) is 0 Å². The molecule has 0 fully saturated rings. The van der Waals surface area contributed by atoms with Gasteiger partial charge in [0.15, 0.2) is 0 Å². The van der Waals surface area contributed by atoms with Crippen LogP contribution < -0.4 is 0 Å². The van der Waals surface area contributed by atoms with Crippen LogP contribution in [-0.4, -0.2) is 24.3 Å². The predicted molar refractivity (Wildman–Crippen MR) is 40.9 cm³/mol. The van der Waals surface area contributed by atoms with Crippen molar-refractivity contribution in [2.24, 2.45) is 0 Å². The zero-order valence-corrected chi connectivity index (χ0v) is 6.91. The van der Waals surface area contributed by atoms with E-state index >= 15 is 0 Å². The summed E-state index contributed by atoms with van der Waals surface area (Å²) in [6.45, 7) is 0. The lowest BCUT2D eigenvalue weighted by atomic mass is 11.0. The Morgan fingerprint density at radius 3 is 1.29 bits per heavy atom. The zero-order chi connectivity index (χ0) is 6.12. The summed E-state index contributed by atoms with van der Waals surface area (Å²) in [6.07, 6.45) is 4.08. The van der Waals surface area contributed by atoms with Crippen molar-refractivity contribution >= 4 is 35.0 Å². The van der Waals surface area contributed by atoms with E-state index in [4.69, 9.17) is 23.2 Å². The highest BCUT2D eigenvalue weighted by molar-refractivity contribution is 7.97. The average Bonchev–Trinajstić information content (AvgIpc) is 1.69. The van der Waals surface area contributed by atoms with Gasteiger partial charge in [0.1, 0.15) is 0 Å². The summed E-state index contributed by atoms with van der Waals surface area (Å²) in [5.41, 5.74) is 0. The van der Waals surface area contributed by atoms with E-state index in [-0.39, 0.29) is 0 Å². The standard InChI is InChI=1S/C2H4Cl2.C2H6S/c3-1-2-4;1-3-2/h1-2H2;1-2H3. The Kier molecular flexibility index (Phi) is 24.4. The van der Waals surface area contributed by atoms with Gasteiger partial charge >= 0.3 is 0 Å². The molecule has 0 N–H and O–H groups in total. The minimum Gasteiger partial charge on any atom is -0.169 e. The molecular formula is C4H10Cl2S. The molecule has 0 aliphatic carbocycles. The lowest BCUT2D eigenvalue weighted by Crippen LogP contribution is -1.63. The third-order valence-corrected chi connectivity index (χ3v) is 0.643. The first-order chi connectivity index (χ1) is 3.33. The van der Waals surface area contributed by atoms with Gasteiger partial charge < -0.3 is 0 Å². The lowest BCUT2D eigenvalue weighted by Gasteiger charge is -1.63. The molecule has 0 nitrogen and oxygen atoms in total. The summed E-state index contributed by atoms with van der Waals surface area (Å²) in [6, 6.07) is 0. The van der Waals surface area contributed by atoms with Crippen LogP contribution in [0.3, 0.4) is 0 Å². The van der Waals surface area contributed by atoms with Crippen LogP contribution in [0.25, 0.3) is 0 Å². The lowest BCUT2D eigenvalue weighted by molar-refractivity contribution is 1.52. The van der Waals surface area contributed by atoms with Crippen LogP contribution in [0.15, 0.2) is 0 Å². The quantitative estimate of drug-likeness (QED) is 0.532. The largest absolute Gasteiger partial charge is 0.169 e. The van der Waals surface area contributed by atoms with Crippen molar-refractivity contribution in [2.75, 3.05) is 24.3 Å². The Morgan fingerprint density at radius 1 is 1.14 bits per heavy atom. The maximum Gasteiger partial charge on any atom is 0.0359 e. The molecule has 0 heterocycles. The maximum absolute atomic E-state index is 5.05. The minimum atomic E-state index is 0.557. The summed E-state index contributed by atoms with van der Waals surface area (Å²) >= 11 is 11.9. The van der Waals surface area contributed by atoms with Crippen LogP contribution >= 0.6 is 35.0 Å². The van der Waals surface area contributed by atoms with Gasteiger partial charge in [-0.25, -0.2) is 0 Å². The molecule has 0 saturated heterocycles. The number of halogens is 2. The van der Waals surface area contributed by atoms with E-state index in [0.29, 0.717) is 11.8 Å². The molecule has 7 heavy (non-hydrogen) atoms. The SMILES string of the molecule is CSC.ClCCCl. The van der Waals surface area contributed by atoms with E-state index in [1.165, 1.54) is 0 Å². The van der Waals surface area contributed by atoms with Crippen LogP contribution in [0, 0.1) is 0 Å². The Labute approximate surface area is 59.6 Å². The van der Waals surface area contributed by atoms with Gasteiger partial charge in [0.25, 0.3) is 0 Å². The second kappa shape index (κ2) is 15.8. The number of rotatable bonds is 1. The van der Waals surface area contributed by atoms with Crippen molar-refractivity contribution in [1.29, 1.82) is 0 Å². The molecule has 0 aliphatic heterocycles. The van der Waals surface area contributed by atoms with Crippen molar-refractivity contribution in [3.63, 3.8) is 0 Å². The van der Waals surface area contributed by atoms with Gasteiger partial charge in [0, 0.05) is 11.8 Å². The summed E-state index contributed by atoms with van der Waals surface area (Å²) < 4.78 is 0. The van der Waals surface area contributed by atoms with Crippen molar-refractivity contribution in [3.8, 4) is 0 Å². The highest BCUT2D eigenvalue weighted by Crippen LogP contribution is 1.75. The summed E-state index contributed by atoms with van der Waals surface area (Å²) in [4.78, 5) is 0. The third kappa shape index (κ3) is 45.2. The minimum absolute atomic E-state index is 0.557. The topological polar surface area (TPSA) is 0 Å². The first-order valence-electron chi connectivity index (χ1n) is 1.85. The molecule has 0 bridgehead atoms. The zero-order valence-electron chi connectivity index (χ0n) is 4.58. The van der Waals surface area contributed by atoms with E-state index < -0.39 is 0 Å². The molecule has 0 radical (unpaired) electrons. The third-order valence-electron chi connectivity index (χ3n) is 0.0714. The molecule has 0 atom stereocenters. The van der Waals surface area contributed by atoms with Crippen LogP contribution in [0.2, 0.25) is 0 Å². The van der Waals surface area contributed by atoms with Crippen molar-refractivity contribution < 1.29 is 0 Å². The molecule has 0 aromatic heterocycles. The summed E-state index contributed by atoms with van der Waals surface area (Å²) in [7, 11) is 0. The molecule has 0 aliphatic rings. The van der Waals surface area contributed by atoms with Crippen LogP contribution in [0.1, 0.15) is 0 Å². The van der Waals surface area contributed by atoms with E-state index in [1.54, 1.807) is 11.8 Å². The number of thioether (sulfide) groups is 1. The van der Waals surface area contributed by atoms with Gasteiger partial charge in [-0.3, -0.25) is 0 Å². The van der Waals surface area contributed by atoms with Gasteiger partial charge in [-0.1, -0.05) is 0 Å². The fourth-order valence-electron chi connectivity index (χ4n) is 0. The Morgan fingerprint density at radius 2 is 1.29 bits per heavy atom. The van der Waals surface area contributed by atoms with Gasteiger partial charge in [-0.05, 0) is 12.5 Å². The monoisotopic (exact) mass is 160 g/mol. The predicted octanol–water partition coefficient (Wildman–Crippen LogP) is 2.44. The molecule has 0 saturated carbocycles. The normalized spacial score (nSPS) is 6.86. The van der Waals surface area contributed by atoms with Crippen LogP contribution in [0.4, 0.5) is 0 Å². The van der Waals surface area contributed by atoms with Crippen molar-refractivity contribution in [1.82, 2.24) is 0 Å². The Bertz CT molecular complexity index is 17.2. The van der Waals surface area contributed by atoms with Gasteiger partial charge in [0.2, 0.25) is 0 Å². The van der Waals surface area contributed by atoms with Gasteiger partial charge in [0.05, 0.1) is 0 Å².